The quantitative estimate of drug-likeness (QED) is 0.623. The van der Waals surface area contributed by atoms with Gasteiger partial charge in [-0.3, -0.25) is 0 Å². The van der Waals surface area contributed by atoms with Crippen LogP contribution in [0.25, 0.3) is 0 Å². The number of alkyl halides is 6. The van der Waals surface area contributed by atoms with Crippen LogP contribution in [0.1, 0.15) is 11.1 Å². The molecule has 0 nitrogen and oxygen atoms in total. The van der Waals surface area contributed by atoms with E-state index in [0.717, 1.165) is 12.1 Å². The van der Waals surface area contributed by atoms with Crippen molar-refractivity contribution >= 4 is 11.8 Å². The largest absolute Gasteiger partial charge is 0.418 e. The van der Waals surface area contributed by atoms with Crippen LogP contribution in [-0.2, 0) is 12.4 Å². The SMILES string of the molecule is FC(F)(F)c1cccc(Sc2ccccc2)c1C(F)(F)F. The van der Waals surface area contributed by atoms with Crippen LogP contribution in [0.3, 0.4) is 0 Å². The maximum atomic E-state index is 13.0. The van der Waals surface area contributed by atoms with Gasteiger partial charge in [0.1, 0.15) is 0 Å². The lowest BCUT2D eigenvalue weighted by Gasteiger charge is -2.18. The molecular formula is C14H8F6S. The predicted molar refractivity (Wildman–Crippen MR) is 67.0 cm³/mol. The van der Waals surface area contributed by atoms with Crippen LogP contribution in [0.4, 0.5) is 26.3 Å². The molecule has 0 aliphatic carbocycles. The number of halogens is 6. The molecule has 0 unspecified atom stereocenters. The Bertz CT molecular complexity index is 616. The van der Waals surface area contributed by atoms with Crippen molar-refractivity contribution in [1.82, 2.24) is 0 Å². The summed E-state index contributed by atoms with van der Waals surface area (Å²) in [5.41, 5.74) is -3.32. The predicted octanol–water partition coefficient (Wildman–Crippen LogP) is 5.88. The molecule has 0 bridgehead atoms. The molecule has 0 saturated heterocycles. The van der Waals surface area contributed by atoms with Gasteiger partial charge in [0.05, 0.1) is 11.1 Å². The van der Waals surface area contributed by atoms with Crippen LogP contribution in [-0.4, -0.2) is 0 Å². The van der Waals surface area contributed by atoms with Gasteiger partial charge in [0.15, 0.2) is 0 Å². The van der Waals surface area contributed by atoms with Gasteiger partial charge in [-0.1, -0.05) is 36.0 Å². The third-order valence-corrected chi connectivity index (χ3v) is 3.65. The molecule has 0 spiro atoms. The summed E-state index contributed by atoms with van der Waals surface area (Å²) in [7, 11) is 0. The Morgan fingerprint density at radius 1 is 0.667 bits per heavy atom. The molecule has 0 aliphatic heterocycles. The molecule has 0 radical (unpaired) electrons. The van der Waals surface area contributed by atoms with Crippen molar-refractivity contribution in [1.29, 1.82) is 0 Å². The molecule has 0 aliphatic rings. The lowest BCUT2D eigenvalue weighted by molar-refractivity contribution is -0.163. The Hall–Kier alpha value is -1.63. The molecular weight excluding hydrogens is 314 g/mol. The van der Waals surface area contributed by atoms with E-state index in [1.165, 1.54) is 12.1 Å². The molecule has 0 aromatic heterocycles. The summed E-state index contributed by atoms with van der Waals surface area (Å²) >= 11 is 0.651. The third kappa shape index (κ3) is 3.72. The summed E-state index contributed by atoms with van der Waals surface area (Å²) in [5, 5.41) is 0. The van der Waals surface area contributed by atoms with Crippen molar-refractivity contribution in [2.24, 2.45) is 0 Å². The van der Waals surface area contributed by atoms with Gasteiger partial charge in [0, 0.05) is 9.79 Å². The van der Waals surface area contributed by atoms with E-state index in [2.05, 4.69) is 0 Å². The van der Waals surface area contributed by atoms with Crippen LogP contribution >= 0.6 is 11.8 Å². The minimum atomic E-state index is -5.08. The first kappa shape index (κ1) is 15.8. The van der Waals surface area contributed by atoms with Gasteiger partial charge in [-0.15, -0.1) is 0 Å². The van der Waals surface area contributed by atoms with E-state index in [9.17, 15) is 26.3 Å². The Kier molecular flexibility index (Phi) is 4.22. The van der Waals surface area contributed by atoms with Crippen LogP contribution < -0.4 is 0 Å². The van der Waals surface area contributed by atoms with Gasteiger partial charge in [-0.25, -0.2) is 0 Å². The fourth-order valence-electron chi connectivity index (χ4n) is 1.76. The number of hydrogen-bond donors (Lipinski definition) is 0. The maximum absolute atomic E-state index is 13.0. The number of hydrogen-bond acceptors (Lipinski definition) is 1. The third-order valence-electron chi connectivity index (χ3n) is 2.59. The highest BCUT2D eigenvalue weighted by Gasteiger charge is 2.44. The minimum Gasteiger partial charge on any atom is -0.166 e. The highest BCUT2D eigenvalue weighted by atomic mass is 32.2. The van der Waals surface area contributed by atoms with Gasteiger partial charge in [0.2, 0.25) is 0 Å². The normalized spacial score (nSPS) is 12.5. The summed E-state index contributed by atoms with van der Waals surface area (Å²) in [6, 6.07) is 10.4. The molecule has 21 heavy (non-hydrogen) atoms. The van der Waals surface area contributed by atoms with E-state index in [4.69, 9.17) is 0 Å². The zero-order chi connectivity index (χ0) is 15.7. The lowest BCUT2D eigenvalue weighted by atomic mass is 10.1. The Labute approximate surface area is 120 Å². The average Bonchev–Trinajstić information content (AvgIpc) is 2.37. The van der Waals surface area contributed by atoms with Crippen LogP contribution in [0.5, 0.6) is 0 Å². The topological polar surface area (TPSA) is 0 Å². The van der Waals surface area contributed by atoms with Crippen LogP contribution in [0.2, 0.25) is 0 Å². The van der Waals surface area contributed by atoms with Crippen molar-refractivity contribution in [3.63, 3.8) is 0 Å². The highest BCUT2D eigenvalue weighted by molar-refractivity contribution is 7.99. The molecule has 112 valence electrons. The van der Waals surface area contributed by atoms with E-state index < -0.39 is 28.4 Å². The summed E-state index contributed by atoms with van der Waals surface area (Å²) in [5.74, 6) is 0. The van der Waals surface area contributed by atoms with E-state index in [0.29, 0.717) is 22.7 Å². The second-order valence-corrected chi connectivity index (χ2v) is 5.20. The molecule has 0 amide bonds. The van der Waals surface area contributed by atoms with Gasteiger partial charge in [-0.2, -0.15) is 26.3 Å². The first-order valence-corrected chi connectivity index (χ1v) is 6.51. The van der Waals surface area contributed by atoms with Crippen molar-refractivity contribution in [2.75, 3.05) is 0 Å². The molecule has 2 aromatic rings. The fourth-order valence-corrected chi connectivity index (χ4v) is 2.78. The Morgan fingerprint density at radius 2 is 1.29 bits per heavy atom. The van der Waals surface area contributed by atoms with E-state index in [1.807, 2.05) is 0 Å². The van der Waals surface area contributed by atoms with E-state index >= 15 is 0 Å². The van der Waals surface area contributed by atoms with Crippen molar-refractivity contribution in [3.05, 3.63) is 59.7 Å². The first-order chi connectivity index (χ1) is 9.69. The molecule has 0 fully saturated rings. The molecule has 0 heterocycles. The van der Waals surface area contributed by atoms with Crippen molar-refractivity contribution < 1.29 is 26.3 Å². The molecule has 2 rings (SSSR count). The molecule has 2 aromatic carbocycles. The van der Waals surface area contributed by atoms with Gasteiger partial charge in [-0.05, 0) is 24.3 Å². The zero-order valence-electron chi connectivity index (χ0n) is 10.3. The summed E-state index contributed by atoms with van der Waals surface area (Å²) < 4.78 is 77.5. The van der Waals surface area contributed by atoms with Gasteiger partial charge >= 0.3 is 12.4 Å². The molecule has 0 N–H and O–H groups in total. The van der Waals surface area contributed by atoms with Crippen LogP contribution in [0.15, 0.2) is 58.3 Å². The number of benzene rings is 2. The van der Waals surface area contributed by atoms with E-state index in [-0.39, 0.29) is 0 Å². The lowest BCUT2D eigenvalue weighted by Crippen LogP contribution is -2.17. The number of rotatable bonds is 2. The van der Waals surface area contributed by atoms with E-state index in [1.54, 1.807) is 18.2 Å². The average molecular weight is 322 g/mol. The Balaban J connectivity index is 2.56. The summed E-state index contributed by atoms with van der Waals surface area (Å²) in [4.78, 5) is -0.0363. The second kappa shape index (κ2) is 5.63. The zero-order valence-corrected chi connectivity index (χ0v) is 11.1. The maximum Gasteiger partial charge on any atom is 0.418 e. The smallest absolute Gasteiger partial charge is 0.166 e. The fraction of sp³-hybridized carbons (Fsp3) is 0.143. The first-order valence-electron chi connectivity index (χ1n) is 5.70. The molecule has 0 atom stereocenters. The summed E-state index contributed by atoms with van der Waals surface area (Å²) in [6.07, 6.45) is -10.1. The Morgan fingerprint density at radius 3 is 1.81 bits per heavy atom. The van der Waals surface area contributed by atoms with Crippen molar-refractivity contribution in [2.45, 2.75) is 22.1 Å². The standard InChI is InChI=1S/C14H8F6S/c15-13(16,17)10-7-4-8-11(12(10)14(18,19)20)21-9-5-2-1-3-6-9/h1-8H. The van der Waals surface area contributed by atoms with Crippen LogP contribution in [0, 0.1) is 0 Å². The monoisotopic (exact) mass is 322 g/mol. The molecule has 0 saturated carbocycles. The highest BCUT2D eigenvalue weighted by Crippen LogP contribution is 2.46. The van der Waals surface area contributed by atoms with Gasteiger partial charge < -0.3 is 0 Å². The van der Waals surface area contributed by atoms with Crippen molar-refractivity contribution in [3.8, 4) is 0 Å². The summed E-state index contributed by atoms with van der Waals surface area (Å²) in [6.45, 7) is 0. The molecule has 7 heteroatoms. The minimum absolute atomic E-state index is 0.433. The van der Waals surface area contributed by atoms with Gasteiger partial charge in [0.25, 0.3) is 0 Å². The second-order valence-electron chi connectivity index (χ2n) is 4.09.